The number of nitrogens with zero attached hydrogens (tertiary/aromatic N) is 1. The van der Waals surface area contributed by atoms with E-state index >= 15 is 0 Å². The van der Waals surface area contributed by atoms with Gasteiger partial charge in [-0.15, -0.1) is 0 Å². The zero-order chi connectivity index (χ0) is 13.7. The van der Waals surface area contributed by atoms with Gasteiger partial charge in [-0.2, -0.15) is 0 Å². The highest BCUT2D eigenvalue weighted by Gasteiger charge is 2.06. The zero-order valence-corrected chi connectivity index (χ0v) is 11.0. The molecule has 3 nitrogen and oxygen atoms in total. The summed E-state index contributed by atoms with van der Waals surface area (Å²) in [6.07, 6.45) is 4.19. The van der Waals surface area contributed by atoms with Gasteiger partial charge in [0.15, 0.2) is 0 Å². The summed E-state index contributed by atoms with van der Waals surface area (Å²) >= 11 is 4.74. The third-order valence-corrected chi connectivity index (χ3v) is 2.83. The first-order valence-corrected chi connectivity index (χ1v) is 6.18. The van der Waals surface area contributed by atoms with E-state index < -0.39 is 5.82 Å². The third-order valence-electron chi connectivity index (χ3n) is 2.61. The number of rotatable bonds is 5. The van der Waals surface area contributed by atoms with Gasteiger partial charge in [0, 0.05) is 30.4 Å². The highest BCUT2D eigenvalue weighted by atomic mass is 32.1. The van der Waals surface area contributed by atoms with E-state index in [1.54, 1.807) is 18.5 Å². The van der Waals surface area contributed by atoms with Gasteiger partial charge >= 0.3 is 0 Å². The molecule has 0 fully saturated rings. The maximum atomic E-state index is 13.6. The molecule has 2 N–H and O–H groups in total. The average molecular weight is 276 g/mol. The van der Waals surface area contributed by atoms with Gasteiger partial charge in [-0.3, -0.25) is 4.98 Å². The lowest BCUT2D eigenvalue weighted by molar-refractivity contribution is 0.320. The molecule has 2 aromatic rings. The van der Waals surface area contributed by atoms with Crippen LogP contribution in [0.2, 0.25) is 0 Å². The molecule has 0 unspecified atom stereocenters. The number of halogens is 1. The van der Waals surface area contributed by atoms with Crippen LogP contribution in [0.25, 0.3) is 0 Å². The van der Waals surface area contributed by atoms with Gasteiger partial charge in [0.1, 0.15) is 16.6 Å². The first kappa shape index (κ1) is 13.4. The normalized spacial score (nSPS) is 10.2. The summed E-state index contributed by atoms with van der Waals surface area (Å²) in [6.45, 7) is 0.468. The summed E-state index contributed by atoms with van der Waals surface area (Å²) in [5.74, 6) is 0.000433. The summed E-state index contributed by atoms with van der Waals surface area (Å²) in [7, 11) is 0. The predicted octanol–water partition coefficient (Wildman–Crippen LogP) is 2.48. The van der Waals surface area contributed by atoms with Crippen molar-refractivity contribution in [3.05, 3.63) is 59.7 Å². The Labute approximate surface area is 116 Å². The van der Waals surface area contributed by atoms with Crippen molar-refractivity contribution in [3.8, 4) is 5.75 Å². The van der Waals surface area contributed by atoms with E-state index in [2.05, 4.69) is 4.98 Å². The molecule has 0 saturated heterocycles. The molecule has 1 aromatic carbocycles. The molecule has 5 heteroatoms. The number of ether oxygens (including phenoxy) is 1. The Morgan fingerprint density at radius 3 is 2.63 bits per heavy atom. The van der Waals surface area contributed by atoms with Crippen molar-refractivity contribution in [1.82, 2.24) is 4.98 Å². The monoisotopic (exact) mass is 276 g/mol. The number of nitrogens with two attached hydrogens (primary N) is 1. The van der Waals surface area contributed by atoms with Gasteiger partial charge in [-0.05, 0) is 29.8 Å². The Kier molecular flexibility index (Phi) is 4.41. The SMILES string of the molecule is NC(=S)c1ccc(OCCc2ccncc2)cc1F. The number of benzene rings is 1. The van der Waals surface area contributed by atoms with Crippen LogP contribution in [0.1, 0.15) is 11.1 Å². The van der Waals surface area contributed by atoms with Crippen molar-refractivity contribution in [3.63, 3.8) is 0 Å². The lowest BCUT2D eigenvalue weighted by Crippen LogP contribution is -2.11. The highest BCUT2D eigenvalue weighted by Crippen LogP contribution is 2.17. The van der Waals surface area contributed by atoms with E-state index in [1.165, 1.54) is 12.1 Å². The van der Waals surface area contributed by atoms with Crippen molar-refractivity contribution in [2.75, 3.05) is 6.61 Å². The van der Waals surface area contributed by atoms with Crippen LogP contribution in [0.3, 0.4) is 0 Å². The Morgan fingerprint density at radius 1 is 1.26 bits per heavy atom. The van der Waals surface area contributed by atoms with E-state index in [-0.39, 0.29) is 10.6 Å². The minimum absolute atomic E-state index is 0.0424. The van der Waals surface area contributed by atoms with E-state index in [9.17, 15) is 4.39 Å². The molecule has 1 heterocycles. The quantitative estimate of drug-likeness (QED) is 0.852. The lowest BCUT2D eigenvalue weighted by Gasteiger charge is -2.08. The van der Waals surface area contributed by atoms with Gasteiger partial charge in [0.05, 0.1) is 6.61 Å². The number of hydrogen-bond acceptors (Lipinski definition) is 3. The van der Waals surface area contributed by atoms with Crippen molar-refractivity contribution >= 4 is 17.2 Å². The molecule has 0 aliphatic carbocycles. The van der Waals surface area contributed by atoms with Gasteiger partial charge in [-0.1, -0.05) is 12.2 Å². The second-order valence-corrected chi connectivity index (χ2v) is 4.40. The van der Waals surface area contributed by atoms with Crippen molar-refractivity contribution in [2.24, 2.45) is 5.73 Å². The van der Waals surface area contributed by atoms with Crippen LogP contribution in [-0.4, -0.2) is 16.6 Å². The van der Waals surface area contributed by atoms with Crippen LogP contribution < -0.4 is 10.5 Å². The van der Waals surface area contributed by atoms with Crippen molar-refractivity contribution in [2.45, 2.75) is 6.42 Å². The van der Waals surface area contributed by atoms with Crippen LogP contribution in [0.5, 0.6) is 5.75 Å². The molecule has 0 aliphatic heterocycles. The zero-order valence-electron chi connectivity index (χ0n) is 10.2. The molecule has 2 rings (SSSR count). The first-order chi connectivity index (χ1) is 9.16. The summed E-state index contributed by atoms with van der Waals surface area (Å²) in [5, 5.41) is 0. The van der Waals surface area contributed by atoms with E-state index in [1.807, 2.05) is 12.1 Å². The largest absolute Gasteiger partial charge is 0.493 e. The summed E-state index contributed by atoms with van der Waals surface area (Å²) in [5.41, 5.74) is 6.74. The Morgan fingerprint density at radius 2 is 2.00 bits per heavy atom. The highest BCUT2D eigenvalue weighted by molar-refractivity contribution is 7.80. The molecule has 19 heavy (non-hydrogen) atoms. The summed E-state index contributed by atoms with van der Waals surface area (Å²) < 4.78 is 19.1. The fourth-order valence-corrected chi connectivity index (χ4v) is 1.79. The smallest absolute Gasteiger partial charge is 0.137 e. The Hall–Kier alpha value is -2.01. The molecule has 0 bridgehead atoms. The predicted molar refractivity (Wildman–Crippen MR) is 75.7 cm³/mol. The molecule has 1 aromatic heterocycles. The molecule has 0 spiro atoms. The summed E-state index contributed by atoms with van der Waals surface area (Å²) in [6, 6.07) is 8.31. The van der Waals surface area contributed by atoms with Crippen LogP contribution in [-0.2, 0) is 6.42 Å². The van der Waals surface area contributed by atoms with Gasteiger partial charge in [-0.25, -0.2) is 4.39 Å². The van der Waals surface area contributed by atoms with Crippen LogP contribution >= 0.6 is 12.2 Å². The number of aromatic nitrogens is 1. The van der Waals surface area contributed by atoms with Gasteiger partial charge < -0.3 is 10.5 Å². The standard InChI is InChI=1S/C14H13FN2OS/c15-13-9-11(1-2-12(13)14(16)19)18-8-5-10-3-6-17-7-4-10/h1-4,6-7,9H,5,8H2,(H2,16,19). The molecular weight excluding hydrogens is 263 g/mol. The second kappa shape index (κ2) is 6.24. The number of pyridine rings is 1. The summed E-state index contributed by atoms with van der Waals surface area (Å²) in [4.78, 5) is 3.98. The maximum absolute atomic E-state index is 13.6. The molecule has 0 aliphatic rings. The minimum Gasteiger partial charge on any atom is -0.493 e. The molecule has 0 atom stereocenters. The van der Waals surface area contributed by atoms with Crippen LogP contribution in [0, 0.1) is 5.82 Å². The topological polar surface area (TPSA) is 48.1 Å². The average Bonchev–Trinajstić information content (AvgIpc) is 2.39. The molecule has 0 saturated carbocycles. The Balaban J connectivity index is 1.93. The number of hydrogen-bond donors (Lipinski definition) is 1. The number of thiocarbonyl (C=S) groups is 1. The van der Waals surface area contributed by atoms with E-state index in [0.717, 1.165) is 12.0 Å². The molecule has 0 radical (unpaired) electrons. The van der Waals surface area contributed by atoms with Crippen molar-refractivity contribution in [1.29, 1.82) is 0 Å². The van der Waals surface area contributed by atoms with Crippen molar-refractivity contribution < 1.29 is 9.13 Å². The molecule has 98 valence electrons. The maximum Gasteiger partial charge on any atom is 0.137 e. The third kappa shape index (κ3) is 3.72. The Bertz CT molecular complexity index is 575. The van der Waals surface area contributed by atoms with Gasteiger partial charge in [0.2, 0.25) is 0 Å². The van der Waals surface area contributed by atoms with E-state index in [0.29, 0.717) is 12.4 Å². The van der Waals surface area contributed by atoms with Crippen LogP contribution in [0.4, 0.5) is 4.39 Å². The van der Waals surface area contributed by atoms with E-state index in [4.69, 9.17) is 22.7 Å². The fraction of sp³-hybridized carbons (Fsp3) is 0.143. The lowest BCUT2D eigenvalue weighted by atomic mass is 10.2. The fourth-order valence-electron chi connectivity index (χ4n) is 1.62. The molecule has 0 amide bonds. The van der Waals surface area contributed by atoms with Crippen LogP contribution in [0.15, 0.2) is 42.7 Å². The van der Waals surface area contributed by atoms with Gasteiger partial charge in [0.25, 0.3) is 0 Å². The minimum atomic E-state index is -0.464. The second-order valence-electron chi connectivity index (χ2n) is 3.96. The first-order valence-electron chi connectivity index (χ1n) is 5.78. The molecular formula is C14H13FN2OS.